The van der Waals surface area contributed by atoms with Crippen molar-refractivity contribution in [2.45, 2.75) is 71.6 Å². The fraction of sp³-hybridized carbons (Fsp3) is 0.247. The number of hydrogen-bond acceptors (Lipinski definition) is 18. The highest BCUT2D eigenvalue weighted by Gasteiger charge is 2.17. The van der Waals surface area contributed by atoms with Crippen LogP contribution in [0.25, 0.3) is 10.8 Å². The topological polar surface area (TPSA) is 465 Å². The molecule has 0 fully saturated rings. The number of Topliss-reactive ketones (excluding diaryl/α,β-unsaturated/α-hetero) is 1. The summed E-state index contributed by atoms with van der Waals surface area (Å²) >= 11 is 0. The second kappa shape index (κ2) is 55.0. The quantitative estimate of drug-likeness (QED) is 0.0235. The molecule has 0 radical (unpaired) electrons. The van der Waals surface area contributed by atoms with E-state index in [0.29, 0.717) is 22.7 Å². The van der Waals surface area contributed by atoms with E-state index in [9.17, 15) is 60.0 Å². The van der Waals surface area contributed by atoms with Gasteiger partial charge in [0, 0.05) is 97.1 Å². The number of nitrogens with one attached hydrogen (secondary N) is 14. The van der Waals surface area contributed by atoms with Crippen molar-refractivity contribution in [2.75, 3.05) is 121 Å². The smallest absolute Gasteiger partial charge is 0.333 e. The van der Waals surface area contributed by atoms with Gasteiger partial charge in [0.1, 0.15) is 17.5 Å². The number of fused-ring (bicyclic) bond motifs is 1. The first-order valence-electron chi connectivity index (χ1n) is 38.7. The number of ether oxygens (including phenoxy) is 1. The molecule has 670 valence electrons. The van der Waals surface area contributed by atoms with E-state index in [0.717, 1.165) is 73.3 Å². The highest BCUT2D eigenvalue weighted by Crippen LogP contribution is 2.27. The molecule has 0 aromatic heterocycles. The van der Waals surface area contributed by atoms with E-state index in [4.69, 9.17) is 16.2 Å². The molecule has 0 unspecified atom stereocenters. The van der Waals surface area contributed by atoms with Crippen molar-refractivity contribution in [1.82, 2.24) is 63.0 Å². The molecule has 16 amide bonds. The second-order valence-corrected chi connectivity index (χ2v) is 32.0. The molecule has 125 heavy (non-hydrogen) atoms. The summed E-state index contributed by atoms with van der Waals surface area (Å²) in [5.74, 6) is -0.444. The van der Waals surface area contributed by atoms with Crippen molar-refractivity contribution in [3.8, 4) is 5.75 Å². The number of nitrogens with two attached hydrogens (primary N) is 2. The molecule has 34 nitrogen and oxygen atoms in total. The molecule has 0 atom stereocenters. The number of primary amides is 2. The SMILES string of the molecule is CCc1cccc(C)c1NC(=O)NN(C)C.CN(C)NC(=O)Nc1cccc2ccccc12.CNC(=O)Nc1ccc(C)cc1C.COc1ccc(C)cc1NC(=O)NN(C)C.Cc1ccc(NC(=O)NN(C)C)c(C)c1.Cc1ccc(S(=O)(=O)CNC(N)=O)cc1.NC(=O)NCS(=O)(=O)c1ccccc1.O=C(NCC(=O)c1ccccc1)Nc1ccccc1. The number of carbonyl (C=O) groups is 9. The van der Waals surface area contributed by atoms with E-state index in [2.05, 4.69) is 71.2 Å². The number of amides is 16. The lowest BCUT2D eigenvalue weighted by Gasteiger charge is -2.16. The van der Waals surface area contributed by atoms with Crippen molar-refractivity contribution < 1.29 is 64.7 Å². The van der Waals surface area contributed by atoms with Crippen LogP contribution in [0.5, 0.6) is 5.75 Å². The number of benzene rings is 10. The molecule has 0 heterocycles. The van der Waals surface area contributed by atoms with Crippen LogP contribution in [-0.4, -0.2) is 180 Å². The Hall–Kier alpha value is -14.2. The lowest BCUT2D eigenvalue weighted by atomic mass is 10.1. The molecule has 10 rings (SSSR count). The normalized spacial score (nSPS) is 10.3. The maximum atomic E-state index is 11.8. The first-order valence-corrected chi connectivity index (χ1v) is 42.0. The number of hydrogen-bond donors (Lipinski definition) is 16. The lowest BCUT2D eigenvalue weighted by molar-refractivity contribution is 0.0992. The number of methoxy groups -OCH3 is 1. The zero-order chi connectivity index (χ0) is 93.4. The zero-order valence-electron chi connectivity index (χ0n) is 73.7. The lowest BCUT2D eigenvalue weighted by Crippen LogP contribution is -2.39. The van der Waals surface area contributed by atoms with Crippen LogP contribution in [-0.2, 0) is 26.1 Å². The predicted molar refractivity (Wildman–Crippen MR) is 497 cm³/mol. The van der Waals surface area contributed by atoms with Gasteiger partial charge in [-0.1, -0.05) is 187 Å². The highest BCUT2D eigenvalue weighted by molar-refractivity contribution is 7.91. The Morgan fingerprint density at radius 3 is 1.23 bits per heavy atom. The molecule has 10 aromatic carbocycles. The Kier molecular flexibility index (Phi) is 46.2. The van der Waals surface area contributed by atoms with Crippen molar-refractivity contribution in [2.24, 2.45) is 11.5 Å². The van der Waals surface area contributed by atoms with Gasteiger partial charge in [-0.15, -0.1) is 0 Å². The first-order chi connectivity index (χ1) is 59.0. The maximum absolute atomic E-state index is 11.8. The van der Waals surface area contributed by atoms with Crippen molar-refractivity contribution >= 4 is 119 Å². The fourth-order valence-electron chi connectivity index (χ4n) is 10.4. The van der Waals surface area contributed by atoms with Gasteiger partial charge in [0.05, 0.1) is 34.8 Å². The van der Waals surface area contributed by atoms with Crippen LogP contribution in [0.1, 0.15) is 61.8 Å². The maximum Gasteiger partial charge on any atom is 0.333 e. The Morgan fingerprint density at radius 2 is 0.768 bits per heavy atom. The van der Waals surface area contributed by atoms with Crippen LogP contribution in [0.15, 0.2) is 240 Å². The van der Waals surface area contributed by atoms with E-state index in [-0.39, 0.29) is 52.3 Å². The summed E-state index contributed by atoms with van der Waals surface area (Å²) < 4.78 is 51.2. The minimum absolute atomic E-state index is 0.0251. The third-order valence-corrected chi connectivity index (χ3v) is 19.3. The van der Waals surface area contributed by atoms with Crippen molar-refractivity contribution in [3.63, 3.8) is 0 Å². The Labute approximate surface area is 732 Å². The number of anilines is 6. The van der Waals surface area contributed by atoms with Gasteiger partial charge >= 0.3 is 48.2 Å². The second-order valence-electron chi connectivity index (χ2n) is 28.1. The van der Waals surface area contributed by atoms with Crippen LogP contribution >= 0.6 is 0 Å². The number of rotatable bonds is 21. The summed E-state index contributed by atoms with van der Waals surface area (Å²) in [6.07, 6.45) is 0.902. The number of hydrazine groups is 4. The number of aryl methyl sites for hydroxylation is 8. The monoisotopic (exact) mass is 1750 g/mol. The molecule has 0 aliphatic heterocycles. The van der Waals surface area contributed by atoms with Gasteiger partial charge in [0.15, 0.2) is 25.5 Å². The molecule has 0 aliphatic rings. The van der Waals surface area contributed by atoms with E-state index in [1.54, 1.807) is 157 Å². The summed E-state index contributed by atoms with van der Waals surface area (Å²) in [7, 11) is 10.3. The number of urea groups is 8. The van der Waals surface area contributed by atoms with E-state index >= 15 is 0 Å². The van der Waals surface area contributed by atoms with Crippen molar-refractivity contribution in [3.05, 3.63) is 281 Å². The first kappa shape index (κ1) is 105. The van der Waals surface area contributed by atoms with Gasteiger partial charge in [0.25, 0.3) is 0 Å². The van der Waals surface area contributed by atoms with Crippen molar-refractivity contribution in [1.29, 1.82) is 0 Å². The molecule has 0 saturated carbocycles. The Bertz CT molecular complexity index is 5360. The minimum atomic E-state index is -3.48. The molecule has 18 N–H and O–H groups in total. The molecular weight excluding hydrogens is 1640 g/mol. The Balaban J connectivity index is 0.000000370. The molecular formula is C89H118N20O14S2. The van der Waals surface area contributed by atoms with Gasteiger partial charge in [-0.2, -0.15) is 0 Å². The van der Waals surface area contributed by atoms with Crippen LogP contribution < -0.4 is 91.1 Å². The average Bonchev–Trinajstić information content (AvgIpc) is 0.829. The Morgan fingerprint density at radius 1 is 0.368 bits per heavy atom. The number of nitrogens with zero attached hydrogens (tertiary/aromatic N) is 4. The summed E-state index contributed by atoms with van der Waals surface area (Å²) in [6.45, 7) is 15.8. The van der Waals surface area contributed by atoms with Crippen LogP contribution in [0.4, 0.5) is 72.5 Å². The van der Waals surface area contributed by atoms with Gasteiger partial charge < -0.3 is 69.4 Å². The van der Waals surface area contributed by atoms with E-state index in [1.807, 2.05) is 199 Å². The minimum Gasteiger partial charge on any atom is -0.495 e. The van der Waals surface area contributed by atoms with E-state index < -0.39 is 49.5 Å². The number of para-hydroxylation sites is 2. The number of sulfone groups is 2. The van der Waals surface area contributed by atoms with Crippen LogP contribution in [0.2, 0.25) is 0 Å². The third-order valence-electron chi connectivity index (χ3n) is 16.3. The molecule has 36 heteroatoms. The third kappa shape index (κ3) is 42.8. The van der Waals surface area contributed by atoms with Crippen LogP contribution in [0, 0.1) is 48.5 Å². The molecule has 0 saturated heterocycles. The predicted octanol–water partition coefficient (Wildman–Crippen LogP) is 13.3. The fourth-order valence-corrected chi connectivity index (χ4v) is 12.5. The van der Waals surface area contributed by atoms with Gasteiger partial charge in [-0.3, -0.25) is 26.5 Å². The molecule has 10 aromatic rings. The average molecular weight is 1760 g/mol. The molecule has 0 spiro atoms. The van der Waals surface area contributed by atoms with E-state index in [1.165, 1.54) is 35.4 Å². The summed E-state index contributed by atoms with van der Waals surface area (Å²) in [5, 5.41) is 34.2. The number of carbonyl (C=O) groups excluding carboxylic acids is 9. The van der Waals surface area contributed by atoms with Gasteiger partial charge in [-0.25, -0.2) is 75.2 Å². The zero-order valence-corrected chi connectivity index (χ0v) is 75.4. The highest BCUT2D eigenvalue weighted by atomic mass is 32.2. The number of ketones is 1. The molecule has 0 aliphatic carbocycles. The summed E-state index contributed by atoms with van der Waals surface area (Å²) in [4.78, 5) is 101. The van der Waals surface area contributed by atoms with Gasteiger partial charge in [0.2, 0.25) is 0 Å². The standard InChI is InChI=1S/C15H14N2O2.C13H15N3O.C12H19N3O.C11H17N3O2.C11H17N3O.C10H14N2O.C9H12N2O3S.C8H10N2O3S/c18-14(12-7-3-1-4-8-12)11-16-15(19)17-13-9-5-2-6-10-13;1-16(2)15-13(17)14-12-9-5-7-10-6-3-4-8-11(10)12;1-5-10-8-6-7-9(2)11(10)13-12(16)14-15(3)4;1-8-5-6-10(16-4)9(7-8)12-11(15)13-14(2)3;1-8-5-6-10(9(2)7-8)12-11(15)13-14(3)4;1-7-4-5-9(8(2)6-7)12-10(13)11-3;1-7-2-4-8(5-3-7)15(13,14)6-11-9(10)12;9-8(11)10-6-14(12,13)7-4-2-1-3-5-7/h1-10H,11H2,(H2,16,17,19);3-9H,1-2H3,(H2,14,15,17);6-8H,5H2,1-4H3,(H2,13,14,16);5-7H,1-4H3,(H2,12,13,15);5-7H,1-4H3,(H2,12,13,15);4-6H,1-3H3,(H2,11,12,13);2-5H,6H2,1H3,(H3,10,11,12);1-5H,6H2,(H3,9,10,11). The van der Waals surface area contributed by atoms with Crippen LogP contribution in [0.3, 0.4) is 0 Å². The largest absolute Gasteiger partial charge is 0.495 e. The summed E-state index contributed by atoms with van der Waals surface area (Å²) in [6, 6.07) is 66.1. The summed E-state index contributed by atoms with van der Waals surface area (Å²) in [5.41, 5.74) is 34.1. The van der Waals surface area contributed by atoms with Gasteiger partial charge in [-0.05, 0) is 155 Å². The molecule has 0 bridgehead atoms.